The summed E-state index contributed by atoms with van der Waals surface area (Å²) < 4.78 is 105. The lowest BCUT2D eigenvalue weighted by molar-refractivity contribution is -0.142. The normalized spacial score (nSPS) is 16.8. The van der Waals surface area contributed by atoms with Crippen molar-refractivity contribution in [1.82, 2.24) is 24.6 Å². The Morgan fingerprint density at radius 3 is 2.44 bits per heavy atom. The molecule has 4 rings (SSSR count). The SMILES string of the molecule is CCOC(=O)c1cn(CCOCCOCC[C@@H]2CN(C)CC[C@H]2Nc2cccc3c2cc(C#CCNC(=O)OC(C)(C)C)n3CC(F)(F)F)nc1C(F)(F)F. The van der Waals surface area contributed by atoms with Gasteiger partial charge in [0, 0.05) is 36.5 Å². The van der Waals surface area contributed by atoms with Crippen molar-refractivity contribution in [2.75, 3.05) is 65.0 Å². The number of aromatic nitrogens is 3. The highest BCUT2D eigenvalue weighted by Gasteiger charge is 2.40. The van der Waals surface area contributed by atoms with Gasteiger partial charge in [-0.1, -0.05) is 12.0 Å². The van der Waals surface area contributed by atoms with Gasteiger partial charge in [0.1, 0.15) is 17.7 Å². The highest BCUT2D eigenvalue weighted by Crippen LogP contribution is 2.33. The van der Waals surface area contributed by atoms with E-state index in [1.807, 2.05) is 13.1 Å². The van der Waals surface area contributed by atoms with Crippen LogP contribution in [-0.4, -0.2) is 109 Å². The van der Waals surface area contributed by atoms with Gasteiger partial charge in [-0.05, 0) is 84.2 Å². The molecule has 0 unspecified atom stereocenters. The summed E-state index contributed by atoms with van der Waals surface area (Å²) in [5.74, 6) is 4.56. The average Bonchev–Trinajstić information content (AvgIpc) is 3.66. The first-order valence-electron chi connectivity index (χ1n) is 17.9. The summed E-state index contributed by atoms with van der Waals surface area (Å²) in [6.45, 7) is 7.64. The summed E-state index contributed by atoms with van der Waals surface area (Å²) >= 11 is 0. The molecule has 3 aromatic rings. The third-order valence-corrected chi connectivity index (χ3v) is 8.49. The number of benzene rings is 1. The minimum absolute atomic E-state index is 0.00432. The number of carbonyl (C=O) groups is 2. The first kappa shape index (κ1) is 43.3. The van der Waals surface area contributed by atoms with Gasteiger partial charge in [0.2, 0.25) is 0 Å². The van der Waals surface area contributed by atoms with Crippen LogP contribution in [0.15, 0.2) is 30.5 Å². The number of nitrogens with one attached hydrogen (secondary N) is 2. The Kier molecular flexibility index (Phi) is 14.9. The zero-order valence-electron chi connectivity index (χ0n) is 31.5. The van der Waals surface area contributed by atoms with Crippen LogP contribution in [0.25, 0.3) is 10.9 Å². The molecule has 1 aliphatic rings. The van der Waals surface area contributed by atoms with Crippen molar-refractivity contribution >= 4 is 28.7 Å². The molecule has 1 aromatic carbocycles. The molecule has 304 valence electrons. The molecule has 12 nitrogen and oxygen atoms in total. The van der Waals surface area contributed by atoms with Crippen LogP contribution in [0, 0.1) is 17.8 Å². The van der Waals surface area contributed by atoms with E-state index in [-0.39, 0.29) is 57.2 Å². The van der Waals surface area contributed by atoms with E-state index in [0.717, 1.165) is 35.0 Å². The number of alkyl carbamates (subject to hydrolysis) is 1. The lowest BCUT2D eigenvalue weighted by atomic mass is 9.89. The van der Waals surface area contributed by atoms with Crippen molar-refractivity contribution in [2.24, 2.45) is 5.92 Å². The number of ether oxygens (including phenoxy) is 4. The molecule has 0 bridgehead atoms. The Morgan fingerprint density at radius 1 is 1.04 bits per heavy atom. The number of esters is 1. The fraction of sp³-hybridized carbons (Fsp3) is 0.595. The first-order chi connectivity index (χ1) is 25.8. The lowest BCUT2D eigenvalue weighted by Crippen LogP contribution is -2.45. The number of rotatable bonds is 15. The number of hydrogen-bond acceptors (Lipinski definition) is 9. The molecule has 1 fully saturated rings. The maximum absolute atomic E-state index is 13.7. The Bertz CT molecular complexity index is 1810. The molecule has 18 heteroatoms. The number of hydrogen-bond donors (Lipinski definition) is 2. The van der Waals surface area contributed by atoms with Crippen LogP contribution in [-0.2, 0) is 38.2 Å². The second-order valence-electron chi connectivity index (χ2n) is 14.1. The molecule has 0 saturated carbocycles. The van der Waals surface area contributed by atoms with Gasteiger partial charge in [-0.2, -0.15) is 31.4 Å². The van der Waals surface area contributed by atoms with Crippen LogP contribution in [0.5, 0.6) is 0 Å². The number of alkyl halides is 6. The smallest absolute Gasteiger partial charge is 0.436 e. The van der Waals surface area contributed by atoms with Gasteiger partial charge in [0.15, 0.2) is 5.69 Å². The predicted molar refractivity (Wildman–Crippen MR) is 192 cm³/mol. The summed E-state index contributed by atoms with van der Waals surface area (Å²) in [6.07, 6.45) is -7.54. The number of piperidine rings is 1. The Labute approximate surface area is 315 Å². The topological polar surface area (TPSA) is 121 Å². The van der Waals surface area contributed by atoms with Gasteiger partial charge in [-0.3, -0.25) is 4.68 Å². The number of amides is 1. The molecule has 0 radical (unpaired) electrons. The van der Waals surface area contributed by atoms with Gasteiger partial charge in [-0.15, -0.1) is 0 Å². The summed E-state index contributed by atoms with van der Waals surface area (Å²) in [4.78, 5) is 26.1. The van der Waals surface area contributed by atoms with Crippen molar-refractivity contribution in [1.29, 1.82) is 0 Å². The Hall–Kier alpha value is -4.47. The highest BCUT2D eigenvalue weighted by atomic mass is 19.4. The van der Waals surface area contributed by atoms with E-state index < -0.39 is 47.8 Å². The van der Waals surface area contributed by atoms with Crippen LogP contribution < -0.4 is 10.6 Å². The molecule has 55 heavy (non-hydrogen) atoms. The van der Waals surface area contributed by atoms with Crippen LogP contribution >= 0.6 is 0 Å². The number of carbonyl (C=O) groups excluding carboxylic acids is 2. The van der Waals surface area contributed by atoms with E-state index in [9.17, 15) is 35.9 Å². The largest absolute Gasteiger partial charge is 0.462 e. The van der Waals surface area contributed by atoms with E-state index >= 15 is 0 Å². The number of halogens is 6. The summed E-state index contributed by atoms with van der Waals surface area (Å²) in [5.41, 5.74) is -1.48. The Morgan fingerprint density at radius 2 is 1.76 bits per heavy atom. The molecular formula is C37H48F6N6O6. The third kappa shape index (κ3) is 13.4. The molecule has 0 aliphatic carbocycles. The number of anilines is 1. The van der Waals surface area contributed by atoms with Crippen molar-refractivity contribution in [3.8, 4) is 11.8 Å². The fourth-order valence-corrected chi connectivity index (χ4v) is 6.14. The van der Waals surface area contributed by atoms with Gasteiger partial charge in [-0.25, -0.2) is 9.59 Å². The van der Waals surface area contributed by atoms with E-state index in [4.69, 9.17) is 18.9 Å². The van der Waals surface area contributed by atoms with Gasteiger partial charge >= 0.3 is 24.4 Å². The first-order valence-corrected chi connectivity index (χ1v) is 17.9. The van der Waals surface area contributed by atoms with Crippen LogP contribution in [0.2, 0.25) is 0 Å². The zero-order chi connectivity index (χ0) is 40.4. The van der Waals surface area contributed by atoms with Crippen LogP contribution in [0.3, 0.4) is 0 Å². The number of fused-ring (bicyclic) bond motifs is 1. The minimum Gasteiger partial charge on any atom is -0.462 e. The standard InChI is InChI=1S/C37H48F6N6O6/c1-6-54-33(50)28-23-48(46-32(28)37(41,42)43)16-18-53-20-19-52-17-13-25-22-47(5)15-12-29(25)45-30-10-7-11-31-27(30)21-26(49(31)24-36(38,39)40)9-8-14-44-34(51)55-35(2,3)4/h7,10-11,21,23,25,29,45H,6,12-20,22,24H2,1-5H3,(H,44,51)/t25-,29-/m1/s1. The monoisotopic (exact) mass is 786 g/mol. The molecule has 0 spiro atoms. The molecule has 2 aromatic heterocycles. The van der Waals surface area contributed by atoms with Crippen LogP contribution in [0.1, 0.15) is 62.3 Å². The molecule has 3 heterocycles. The molecule has 1 saturated heterocycles. The second-order valence-corrected chi connectivity index (χ2v) is 14.1. The highest BCUT2D eigenvalue weighted by molar-refractivity contribution is 5.94. The molecule has 1 aliphatic heterocycles. The Balaban J connectivity index is 1.33. The van der Waals surface area contributed by atoms with Gasteiger partial charge in [0.25, 0.3) is 0 Å². The van der Waals surface area contributed by atoms with Crippen molar-refractivity contribution in [2.45, 2.75) is 77.6 Å². The van der Waals surface area contributed by atoms with Crippen LogP contribution in [0.4, 0.5) is 36.8 Å². The van der Waals surface area contributed by atoms with Crippen molar-refractivity contribution in [3.63, 3.8) is 0 Å². The molecule has 1 amide bonds. The van der Waals surface area contributed by atoms with E-state index in [1.165, 1.54) is 6.92 Å². The average molecular weight is 787 g/mol. The maximum Gasteiger partial charge on any atom is 0.436 e. The van der Waals surface area contributed by atoms with E-state index in [1.54, 1.807) is 39.0 Å². The van der Waals surface area contributed by atoms with Crippen molar-refractivity contribution in [3.05, 3.63) is 47.4 Å². The lowest BCUT2D eigenvalue weighted by Gasteiger charge is -2.38. The third-order valence-electron chi connectivity index (χ3n) is 8.49. The van der Waals surface area contributed by atoms with Gasteiger partial charge < -0.3 is 39.0 Å². The minimum atomic E-state index is -4.82. The van der Waals surface area contributed by atoms with Gasteiger partial charge in [0.05, 0.1) is 50.7 Å². The summed E-state index contributed by atoms with van der Waals surface area (Å²) in [6, 6.07) is 6.77. The molecular weight excluding hydrogens is 738 g/mol. The number of nitrogens with zero attached hydrogens (tertiary/aromatic N) is 4. The quantitative estimate of drug-likeness (QED) is 0.0789. The van der Waals surface area contributed by atoms with Crippen molar-refractivity contribution < 1.29 is 54.9 Å². The van der Waals surface area contributed by atoms with E-state index in [2.05, 4.69) is 32.5 Å². The second kappa shape index (κ2) is 18.9. The maximum atomic E-state index is 13.7. The predicted octanol–water partition coefficient (Wildman–Crippen LogP) is 6.33. The molecule has 2 atom stereocenters. The zero-order valence-corrected chi connectivity index (χ0v) is 31.5. The summed E-state index contributed by atoms with van der Waals surface area (Å²) in [7, 11) is 2.02. The fourth-order valence-electron chi connectivity index (χ4n) is 6.14. The summed E-state index contributed by atoms with van der Waals surface area (Å²) in [5, 5.41) is 10.2. The molecule has 2 N–H and O–H groups in total. The number of likely N-dealkylation sites (tertiary alicyclic amines) is 1. The van der Waals surface area contributed by atoms with E-state index in [0.29, 0.717) is 29.6 Å².